The van der Waals surface area contributed by atoms with Crippen molar-refractivity contribution in [2.24, 2.45) is 0 Å². The first-order chi connectivity index (χ1) is 5.61. The lowest BCUT2D eigenvalue weighted by Crippen LogP contribution is -1.76. The molecule has 1 nitrogen and oxygen atoms in total. The standard InChI is InChI=1S/C8H5BrCl2O/c9-6-2-1-3-7(12)5(6)4-8(10)11/h1-4,12H. The van der Waals surface area contributed by atoms with Crippen LogP contribution in [0, 0.1) is 0 Å². The molecule has 0 saturated carbocycles. The average molecular weight is 268 g/mol. The van der Waals surface area contributed by atoms with E-state index in [-0.39, 0.29) is 10.2 Å². The summed E-state index contributed by atoms with van der Waals surface area (Å²) in [5.41, 5.74) is 0.581. The fourth-order valence-corrected chi connectivity index (χ4v) is 1.47. The van der Waals surface area contributed by atoms with Crippen molar-refractivity contribution in [2.75, 3.05) is 0 Å². The van der Waals surface area contributed by atoms with Gasteiger partial charge in [0.1, 0.15) is 10.2 Å². The van der Waals surface area contributed by atoms with Crippen LogP contribution >= 0.6 is 39.1 Å². The van der Waals surface area contributed by atoms with Crippen LogP contribution in [-0.2, 0) is 0 Å². The summed E-state index contributed by atoms with van der Waals surface area (Å²) >= 11 is 14.2. The van der Waals surface area contributed by atoms with Crippen molar-refractivity contribution in [3.63, 3.8) is 0 Å². The van der Waals surface area contributed by atoms with Crippen LogP contribution in [0.3, 0.4) is 0 Å². The maximum Gasteiger partial charge on any atom is 0.124 e. The molecule has 0 amide bonds. The molecule has 0 spiro atoms. The summed E-state index contributed by atoms with van der Waals surface area (Å²) < 4.78 is 0.860. The highest BCUT2D eigenvalue weighted by atomic mass is 79.9. The van der Waals surface area contributed by atoms with E-state index < -0.39 is 0 Å². The Kier molecular flexibility index (Phi) is 3.44. The largest absolute Gasteiger partial charge is 0.507 e. The summed E-state index contributed by atoms with van der Waals surface area (Å²) in [5.74, 6) is 0.142. The molecule has 0 aliphatic carbocycles. The molecular weight excluding hydrogens is 263 g/mol. The number of hydrogen-bond donors (Lipinski definition) is 1. The van der Waals surface area contributed by atoms with Gasteiger partial charge in [0.05, 0.1) is 0 Å². The van der Waals surface area contributed by atoms with Gasteiger partial charge < -0.3 is 5.11 Å². The van der Waals surface area contributed by atoms with E-state index in [2.05, 4.69) is 15.9 Å². The molecule has 1 rings (SSSR count). The van der Waals surface area contributed by atoms with E-state index in [0.717, 1.165) is 4.47 Å². The smallest absolute Gasteiger partial charge is 0.124 e. The van der Waals surface area contributed by atoms with Gasteiger partial charge in [-0.3, -0.25) is 0 Å². The lowest BCUT2D eigenvalue weighted by molar-refractivity contribution is 0.473. The Bertz CT molecular complexity index is 299. The number of rotatable bonds is 1. The lowest BCUT2D eigenvalue weighted by atomic mass is 10.2. The van der Waals surface area contributed by atoms with Crippen molar-refractivity contribution >= 4 is 45.2 Å². The maximum atomic E-state index is 9.35. The SMILES string of the molecule is Oc1cccc(Br)c1C=C(Cl)Cl. The number of hydrogen-bond acceptors (Lipinski definition) is 1. The number of halogens is 3. The van der Waals surface area contributed by atoms with Crippen molar-refractivity contribution in [2.45, 2.75) is 0 Å². The lowest BCUT2D eigenvalue weighted by Gasteiger charge is -2.00. The number of aromatic hydroxyl groups is 1. The third kappa shape index (κ3) is 2.41. The molecule has 0 fully saturated rings. The molecule has 12 heavy (non-hydrogen) atoms. The van der Waals surface area contributed by atoms with Gasteiger partial charge in [0, 0.05) is 10.0 Å². The first kappa shape index (κ1) is 9.90. The molecule has 0 radical (unpaired) electrons. The average Bonchev–Trinajstić information content (AvgIpc) is 1.97. The van der Waals surface area contributed by atoms with Gasteiger partial charge >= 0.3 is 0 Å². The van der Waals surface area contributed by atoms with Crippen molar-refractivity contribution in [1.29, 1.82) is 0 Å². The second-order valence-corrected chi connectivity index (χ2v) is 3.97. The fourth-order valence-electron chi connectivity index (χ4n) is 0.778. The van der Waals surface area contributed by atoms with Crippen molar-refractivity contribution in [3.05, 3.63) is 32.7 Å². The Morgan fingerprint density at radius 3 is 2.58 bits per heavy atom. The third-order valence-electron chi connectivity index (χ3n) is 1.28. The summed E-state index contributed by atoms with van der Waals surface area (Å²) in [6, 6.07) is 5.08. The normalized spacial score (nSPS) is 9.58. The van der Waals surface area contributed by atoms with E-state index in [1.807, 2.05) is 0 Å². The van der Waals surface area contributed by atoms with Gasteiger partial charge in [0.2, 0.25) is 0 Å². The molecule has 0 saturated heterocycles. The van der Waals surface area contributed by atoms with Gasteiger partial charge in [-0.2, -0.15) is 0 Å². The Hall–Kier alpha value is -0.180. The summed E-state index contributed by atoms with van der Waals surface area (Å²) in [5, 5.41) is 9.35. The van der Waals surface area contributed by atoms with Crippen LogP contribution in [0.25, 0.3) is 6.08 Å². The molecule has 0 heterocycles. The zero-order valence-electron chi connectivity index (χ0n) is 5.89. The van der Waals surface area contributed by atoms with E-state index in [1.54, 1.807) is 18.2 Å². The van der Waals surface area contributed by atoms with Gasteiger partial charge in [-0.1, -0.05) is 45.2 Å². The zero-order valence-corrected chi connectivity index (χ0v) is 8.99. The summed E-state index contributed by atoms with van der Waals surface area (Å²) in [4.78, 5) is 0. The van der Waals surface area contributed by atoms with Crippen LogP contribution in [0.5, 0.6) is 5.75 Å². The van der Waals surface area contributed by atoms with E-state index in [9.17, 15) is 5.11 Å². The summed E-state index contributed by atoms with van der Waals surface area (Å²) in [6.45, 7) is 0. The van der Waals surface area contributed by atoms with Crippen LogP contribution in [0.2, 0.25) is 0 Å². The Balaban J connectivity index is 3.22. The van der Waals surface area contributed by atoms with E-state index in [4.69, 9.17) is 23.2 Å². The molecule has 1 aromatic rings. The molecule has 0 unspecified atom stereocenters. The highest BCUT2D eigenvalue weighted by molar-refractivity contribution is 9.10. The van der Waals surface area contributed by atoms with E-state index in [1.165, 1.54) is 6.08 Å². The van der Waals surface area contributed by atoms with Crippen molar-refractivity contribution in [1.82, 2.24) is 0 Å². The quantitative estimate of drug-likeness (QED) is 0.818. The fraction of sp³-hybridized carbons (Fsp3) is 0. The molecular formula is C8H5BrCl2O. The van der Waals surface area contributed by atoms with Gasteiger partial charge in [-0.05, 0) is 18.2 Å². The van der Waals surface area contributed by atoms with E-state index >= 15 is 0 Å². The van der Waals surface area contributed by atoms with Crippen LogP contribution in [0.15, 0.2) is 27.2 Å². The second kappa shape index (κ2) is 4.17. The molecule has 0 aliphatic heterocycles. The first-order valence-electron chi connectivity index (χ1n) is 3.11. The predicted molar refractivity (Wildman–Crippen MR) is 55.5 cm³/mol. The molecule has 0 aromatic heterocycles. The maximum absolute atomic E-state index is 9.35. The van der Waals surface area contributed by atoms with Gasteiger partial charge in [0.15, 0.2) is 0 Å². The van der Waals surface area contributed by atoms with Crippen molar-refractivity contribution < 1.29 is 5.11 Å². The topological polar surface area (TPSA) is 20.2 Å². The minimum Gasteiger partial charge on any atom is -0.507 e. The van der Waals surface area contributed by atoms with Crippen LogP contribution in [0.1, 0.15) is 5.56 Å². The third-order valence-corrected chi connectivity index (χ3v) is 2.19. The number of benzene rings is 1. The van der Waals surface area contributed by atoms with Gasteiger partial charge in [-0.15, -0.1) is 0 Å². The zero-order chi connectivity index (χ0) is 9.14. The molecule has 0 aliphatic rings. The van der Waals surface area contributed by atoms with Crippen LogP contribution < -0.4 is 0 Å². The molecule has 0 atom stereocenters. The Morgan fingerprint density at radius 1 is 1.42 bits per heavy atom. The highest BCUT2D eigenvalue weighted by Gasteiger charge is 2.02. The molecule has 4 heteroatoms. The van der Waals surface area contributed by atoms with Crippen molar-refractivity contribution in [3.8, 4) is 5.75 Å². The number of phenols is 1. The molecule has 1 aromatic carbocycles. The highest BCUT2D eigenvalue weighted by Crippen LogP contribution is 2.29. The van der Waals surface area contributed by atoms with Gasteiger partial charge in [-0.25, -0.2) is 0 Å². The predicted octanol–water partition coefficient (Wildman–Crippen LogP) is 3.93. The summed E-state index contributed by atoms with van der Waals surface area (Å²) in [6.07, 6.45) is 1.47. The van der Waals surface area contributed by atoms with E-state index in [0.29, 0.717) is 5.56 Å². The monoisotopic (exact) mass is 266 g/mol. The molecule has 64 valence electrons. The molecule has 0 bridgehead atoms. The minimum absolute atomic E-state index is 0.109. The summed E-state index contributed by atoms with van der Waals surface area (Å²) in [7, 11) is 0. The second-order valence-electron chi connectivity index (χ2n) is 2.11. The Morgan fingerprint density at radius 2 is 2.08 bits per heavy atom. The number of phenolic OH excluding ortho intramolecular Hbond substituents is 1. The molecule has 1 N–H and O–H groups in total. The van der Waals surface area contributed by atoms with Crippen LogP contribution in [0.4, 0.5) is 0 Å². The Labute approximate surface area is 88.7 Å². The van der Waals surface area contributed by atoms with Crippen LogP contribution in [-0.4, -0.2) is 5.11 Å². The van der Waals surface area contributed by atoms with Gasteiger partial charge in [0.25, 0.3) is 0 Å². The minimum atomic E-state index is 0.109. The first-order valence-corrected chi connectivity index (χ1v) is 4.66.